The molecule has 0 bridgehead atoms. The summed E-state index contributed by atoms with van der Waals surface area (Å²) in [6.45, 7) is 4.75. The first-order valence-corrected chi connectivity index (χ1v) is 7.05. The number of ether oxygens (including phenoxy) is 2. The standard InChI is InChI=1S/C16H21O4/c1-3-5-11-19-15(17)13-9-7-8-10-14(13)16(18)20-12-6-4-2/h7,9-10H,3-6,11-12H2,1-2H3. The highest BCUT2D eigenvalue weighted by Crippen LogP contribution is 2.12. The Morgan fingerprint density at radius 1 is 1.00 bits per heavy atom. The number of carbonyl (C=O) groups is 2. The smallest absolute Gasteiger partial charge is 0.339 e. The third-order valence-corrected chi connectivity index (χ3v) is 2.77. The molecule has 0 heterocycles. The molecule has 1 radical (unpaired) electrons. The Bertz CT molecular complexity index is 399. The van der Waals surface area contributed by atoms with Gasteiger partial charge in [-0.1, -0.05) is 32.8 Å². The summed E-state index contributed by atoms with van der Waals surface area (Å²) >= 11 is 0. The Morgan fingerprint density at radius 2 is 1.55 bits per heavy atom. The van der Waals surface area contributed by atoms with Crippen LogP contribution in [0, 0.1) is 6.07 Å². The van der Waals surface area contributed by atoms with Crippen LogP contribution in [-0.2, 0) is 9.47 Å². The van der Waals surface area contributed by atoms with Crippen LogP contribution in [0.25, 0.3) is 0 Å². The zero-order chi connectivity index (χ0) is 14.8. The molecule has 1 aromatic carbocycles. The van der Waals surface area contributed by atoms with Crippen LogP contribution >= 0.6 is 0 Å². The highest BCUT2D eigenvalue weighted by atomic mass is 16.5. The van der Waals surface area contributed by atoms with Gasteiger partial charge in [0.1, 0.15) is 0 Å². The van der Waals surface area contributed by atoms with E-state index in [1.54, 1.807) is 6.07 Å². The van der Waals surface area contributed by atoms with E-state index in [0.29, 0.717) is 13.2 Å². The van der Waals surface area contributed by atoms with E-state index in [1.165, 1.54) is 12.1 Å². The number of hydrogen-bond acceptors (Lipinski definition) is 4. The van der Waals surface area contributed by atoms with Crippen LogP contribution in [0.5, 0.6) is 0 Å². The first kappa shape index (κ1) is 16.2. The number of esters is 2. The van der Waals surface area contributed by atoms with Crippen molar-refractivity contribution < 1.29 is 19.1 Å². The number of hydrogen-bond donors (Lipinski definition) is 0. The van der Waals surface area contributed by atoms with Gasteiger partial charge >= 0.3 is 11.9 Å². The van der Waals surface area contributed by atoms with Crippen LogP contribution in [0.1, 0.15) is 60.2 Å². The molecule has 0 saturated heterocycles. The molecule has 0 aliphatic rings. The number of unbranched alkanes of at least 4 members (excludes halogenated alkanes) is 2. The lowest BCUT2D eigenvalue weighted by Gasteiger charge is -2.09. The molecule has 0 saturated carbocycles. The fourth-order valence-corrected chi connectivity index (χ4v) is 1.55. The molecule has 4 heteroatoms. The summed E-state index contributed by atoms with van der Waals surface area (Å²) in [6.07, 6.45) is 3.50. The summed E-state index contributed by atoms with van der Waals surface area (Å²) < 4.78 is 10.2. The molecule has 0 unspecified atom stereocenters. The van der Waals surface area contributed by atoms with Crippen molar-refractivity contribution in [2.75, 3.05) is 13.2 Å². The largest absolute Gasteiger partial charge is 0.462 e. The SMILES string of the molecule is CCCCOC(=O)c1c[c]ccc1C(=O)OCCCC. The van der Waals surface area contributed by atoms with E-state index in [2.05, 4.69) is 6.07 Å². The second kappa shape index (κ2) is 9.13. The molecule has 0 fully saturated rings. The average Bonchev–Trinajstić information content (AvgIpc) is 2.47. The zero-order valence-corrected chi connectivity index (χ0v) is 12.1. The van der Waals surface area contributed by atoms with E-state index in [9.17, 15) is 9.59 Å². The predicted molar refractivity (Wildman–Crippen MR) is 75.7 cm³/mol. The van der Waals surface area contributed by atoms with Crippen LogP contribution in [0.15, 0.2) is 18.2 Å². The lowest BCUT2D eigenvalue weighted by molar-refractivity contribution is 0.0452. The van der Waals surface area contributed by atoms with E-state index in [0.717, 1.165) is 25.7 Å². The third kappa shape index (κ3) is 5.03. The fourth-order valence-electron chi connectivity index (χ4n) is 1.55. The van der Waals surface area contributed by atoms with E-state index >= 15 is 0 Å². The molecule has 0 atom stereocenters. The molecule has 0 aliphatic carbocycles. The first-order chi connectivity index (χ1) is 9.70. The minimum Gasteiger partial charge on any atom is -0.462 e. The maximum Gasteiger partial charge on any atom is 0.339 e. The van der Waals surface area contributed by atoms with Gasteiger partial charge in [0.25, 0.3) is 0 Å². The van der Waals surface area contributed by atoms with E-state index in [4.69, 9.17) is 9.47 Å². The molecule has 20 heavy (non-hydrogen) atoms. The van der Waals surface area contributed by atoms with E-state index in [1.807, 2.05) is 13.8 Å². The molecule has 0 amide bonds. The van der Waals surface area contributed by atoms with Crippen molar-refractivity contribution in [2.45, 2.75) is 39.5 Å². The summed E-state index contributed by atoms with van der Waals surface area (Å²) in [5.74, 6) is -0.993. The highest BCUT2D eigenvalue weighted by molar-refractivity contribution is 6.03. The lowest BCUT2D eigenvalue weighted by atomic mass is 10.1. The quantitative estimate of drug-likeness (QED) is 0.540. The molecule has 4 nitrogen and oxygen atoms in total. The van der Waals surface area contributed by atoms with Gasteiger partial charge in [-0.15, -0.1) is 0 Å². The van der Waals surface area contributed by atoms with Crippen molar-refractivity contribution in [1.82, 2.24) is 0 Å². The van der Waals surface area contributed by atoms with E-state index < -0.39 is 11.9 Å². The minimum atomic E-state index is -0.502. The summed E-state index contributed by atoms with van der Waals surface area (Å²) in [7, 11) is 0. The molecule has 1 aromatic rings. The lowest BCUT2D eigenvalue weighted by Crippen LogP contribution is -2.15. The molecule has 0 spiro atoms. The van der Waals surface area contributed by atoms with Gasteiger partial charge in [0, 0.05) is 0 Å². The summed E-state index contributed by atoms with van der Waals surface area (Å²) in [5, 5.41) is 0. The maximum absolute atomic E-state index is 11.9. The Hall–Kier alpha value is -1.84. The second-order valence-corrected chi connectivity index (χ2v) is 4.45. The van der Waals surface area contributed by atoms with Crippen molar-refractivity contribution in [3.8, 4) is 0 Å². The van der Waals surface area contributed by atoms with Crippen LogP contribution in [0.2, 0.25) is 0 Å². The molecular formula is C16H21O4. The molecule has 0 aromatic heterocycles. The number of carbonyl (C=O) groups excluding carboxylic acids is 2. The first-order valence-electron chi connectivity index (χ1n) is 7.05. The summed E-state index contributed by atoms with van der Waals surface area (Å²) in [4.78, 5) is 23.9. The van der Waals surface area contributed by atoms with Gasteiger partial charge < -0.3 is 9.47 Å². The van der Waals surface area contributed by atoms with Crippen LogP contribution in [0.4, 0.5) is 0 Å². The summed E-state index contributed by atoms with van der Waals surface area (Å²) in [5.41, 5.74) is 0.450. The van der Waals surface area contributed by atoms with Crippen LogP contribution in [-0.4, -0.2) is 25.2 Å². The maximum atomic E-state index is 11.9. The minimum absolute atomic E-state index is 0.213. The van der Waals surface area contributed by atoms with Crippen molar-refractivity contribution in [3.63, 3.8) is 0 Å². The normalized spacial score (nSPS) is 10.1. The van der Waals surface area contributed by atoms with Gasteiger partial charge in [0.15, 0.2) is 0 Å². The monoisotopic (exact) mass is 277 g/mol. The Labute approximate surface area is 120 Å². The van der Waals surface area contributed by atoms with Crippen molar-refractivity contribution in [2.24, 2.45) is 0 Å². The van der Waals surface area contributed by atoms with Gasteiger partial charge in [-0.2, -0.15) is 0 Å². The number of benzene rings is 1. The fraction of sp³-hybridized carbons (Fsp3) is 0.500. The topological polar surface area (TPSA) is 52.6 Å². The molecule has 1 rings (SSSR count). The zero-order valence-electron chi connectivity index (χ0n) is 12.1. The van der Waals surface area contributed by atoms with Crippen molar-refractivity contribution >= 4 is 11.9 Å². The van der Waals surface area contributed by atoms with Crippen LogP contribution in [0.3, 0.4) is 0 Å². The Morgan fingerprint density at radius 3 is 2.10 bits per heavy atom. The number of rotatable bonds is 8. The Kier molecular flexibility index (Phi) is 7.40. The summed E-state index contributed by atoms with van der Waals surface area (Å²) in [6, 6.07) is 7.36. The molecule has 0 N–H and O–H groups in total. The van der Waals surface area contributed by atoms with Gasteiger partial charge in [-0.05, 0) is 31.0 Å². The molecule has 0 aliphatic heterocycles. The second-order valence-electron chi connectivity index (χ2n) is 4.45. The van der Waals surface area contributed by atoms with Gasteiger partial charge in [-0.25, -0.2) is 9.59 Å². The van der Waals surface area contributed by atoms with Crippen molar-refractivity contribution in [1.29, 1.82) is 0 Å². The predicted octanol–water partition coefficient (Wildman–Crippen LogP) is 3.40. The van der Waals surface area contributed by atoms with Gasteiger partial charge in [-0.3, -0.25) is 0 Å². The van der Waals surface area contributed by atoms with Crippen molar-refractivity contribution in [3.05, 3.63) is 35.4 Å². The van der Waals surface area contributed by atoms with Crippen LogP contribution < -0.4 is 0 Å². The van der Waals surface area contributed by atoms with E-state index in [-0.39, 0.29) is 11.1 Å². The molecule has 109 valence electrons. The van der Waals surface area contributed by atoms with Gasteiger partial charge in [0.2, 0.25) is 0 Å². The third-order valence-electron chi connectivity index (χ3n) is 2.77. The van der Waals surface area contributed by atoms with Gasteiger partial charge in [0.05, 0.1) is 24.3 Å². The Balaban J connectivity index is 2.71. The average molecular weight is 277 g/mol. The molecular weight excluding hydrogens is 256 g/mol. The highest BCUT2D eigenvalue weighted by Gasteiger charge is 2.18.